The number of nitrogens with zero attached hydrogens (tertiary/aromatic N) is 1. The van der Waals surface area contributed by atoms with Crippen molar-refractivity contribution in [1.29, 1.82) is 0 Å². The molecule has 0 unspecified atom stereocenters. The van der Waals surface area contributed by atoms with Crippen LogP contribution in [0.3, 0.4) is 0 Å². The van der Waals surface area contributed by atoms with E-state index in [4.69, 9.17) is 19.2 Å². The topological polar surface area (TPSA) is 40.0 Å². The van der Waals surface area contributed by atoms with Crippen LogP contribution in [-0.2, 0) is 14.2 Å². The van der Waals surface area contributed by atoms with Gasteiger partial charge in [0, 0.05) is 0 Å². The minimum Gasteiger partial charge on any atom is -0.477 e. The summed E-state index contributed by atoms with van der Waals surface area (Å²) in [5.41, 5.74) is 1.16. The Morgan fingerprint density at radius 1 is 0.771 bits per heavy atom. The van der Waals surface area contributed by atoms with Gasteiger partial charge in [0.15, 0.2) is 11.9 Å². The predicted molar refractivity (Wildman–Crippen MR) is 145 cm³/mol. The maximum absolute atomic E-state index is 6.57. The van der Waals surface area contributed by atoms with Gasteiger partial charge < -0.3 is 14.2 Å². The number of aliphatic imine (C=N–C) groups is 1. The van der Waals surface area contributed by atoms with Crippen molar-refractivity contribution >= 4 is 29.7 Å². The summed E-state index contributed by atoms with van der Waals surface area (Å²) in [4.78, 5) is 4.97. The molecule has 2 aliphatic rings. The maximum Gasteiger partial charge on any atom is 0.217 e. The van der Waals surface area contributed by atoms with Crippen molar-refractivity contribution in [2.24, 2.45) is 10.4 Å². The molecule has 0 N–H and O–H groups in total. The quantitative estimate of drug-likeness (QED) is 0.448. The van der Waals surface area contributed by atoms with Gasteiger partial charge in [-0.25, -0.2) is 4.99 Å². The van der Waals surface area contributed by atoms with Gasteiger partial charge in [-0.2, -0.15) is 0 Å². The molecule has 182 valence electrons. The third-order valence-electron chi connectivity index (χ3n) is 6.52. The molecular formula is C30H34NO3P. The maximum atomic E-state index is 6.57. The van der Waals surface area contributed by atoms with Crippen LogP contribution in [0.4, 0.5) is 0 Å². The fraction of sp³-hybridized carbons (Fsp3) is 0.367. The van der Waals surface area contributed by atoms with Crippen molar-refractivity contribution in [2.75, 3.05) is 6.61 Å². The summed E-state index contributed by atoms with van der Waals surface area (Å²) in [5.74, 6) is -0.0878. The Bertz CT molecular complexity index is 1150. The van der Waals surface area contributed by atoms with Crippen LogP contribution >= 0.6 is 7.92 Å². The monoisotopic (exact) mass is 487 g/mol. The second-order valence-corrected chi connectivity index (χ2v) is 12.9. The van der Waals surface area contributed by atoms with Crippen LogP contribution in [0.1, 0.15) is 46.3 Å². The van der Waals surface area contributed by atoms with Gasteiger partial charge in [-0.15, -0.1) is 0 Å². The van der Waals surface area contributed by atoms with E-state index in [1.54, 1.807) is 0 Å². The molecule has 0 saturated carbocycles. The zero-order valence-corrected chi connectivity index (χ0v) is 22.0. The standard InChI is InChI=1S/C30H34NO3P/c1-29(2,3)25-20-32-28(31-25)27-26(33-30(4,5)34-27)23-18-12-13-19-24(23)35(21-14-8-6-9-15-21)22-16-10-7-11-17-22/h6-19,25-27H,20H2,1-5H3/t25-,26+,27-/m1/s1. The lowest BCUT2D eigenvalue weighted by molar-refractivity contribution is -0.143. The van der Waals surface area contributed by atoms with Gasteiger partial charge in [0.1, 0.15) is 12.7 Å². The summed E-state index contributed by atoms with van der Waals surface area (Å²) in [5, 5.41) is 3.87. The first-order valence-electron chi connectivity index (χ1n) is 12.3. The fourth-order valence-corrected chi connectivity index (χ4v) is 7.16. The van der Waals surface area contributed by atoms with Crippen LogP contribution in [0.25, 0.3) is 0 Å². The third-order valence-corrected chi connectivity index (χ3v) is 9.04. The molecule has 0 bridgehead atoms. The molecule has 3 aromatic rings. The van der Waals surface area contributed by atoms with Gasteiger partial charge in [-0.05, 0) is 48.7 Å². The molecule has 35 heavy (non-hydrogen) atoms. The molecule has 1 fully saturated rings. The zero-order chi connectivity index (χ0) is 24.6. The van der Waals surface area contributed by atoms with Crippen LogP contribution in [0.2, 0.25) is 0 Å². The molecule has 3 aromatic carbocycles. The molecule has 1 saturated heterocycles. The summed E-state index contributed by atoms with van der Waals surface area (Å²) >= 11 is 0. The number of benzene rings is 3. The van der Waals surface area contributed by atoms with Crippen molar-refractivity contribution in [2.45, 2.75) is 58.7 Å². The van der Waals surface area contributed by atoms with E-state index in [9.17, 15) is 0 Å². The highest BCUT2D eigenvalue weighted by atomic mass is 31.1. The fourth-order valence-electron chi connectivity index (χ4n) is 4.67. The molecular weight excluding hydrogens is 453 g/mol. The van der Waals surface area contributed by atoms with Gasteiger partial charge in [0.25, 0.3) is 0 Å². The Morgan fingerprint density at radius 3 is 1.89 bits per heavy atom. The molecule has 5 heteroatoms. The molecule has 0 radical (unpaired) electrons. The zero-order valence-electron chi connectivity index (χ0n) is 21.1. The van der Waals surface area contributed by atoms with E-state index >= 15 is 0 Å². The normalized spacial score (nSPS) is 23.8. The second kappa shape index (κ2) is 9.50. The number of hydrogen-bond donors (Lipinski definition) is 0. The molecule has 2 heterocycles. The number of rotatable bonds is 5. The van der Waals surface area contributed by atoms with Gasteiger partial charge >= 0.3 is 0 Å². The van der Waals surface area contributed by atoms with Crippen LogP contribution in [0, 0.1) is 5.41 Å². The lowest BCUT2D eigenvalue weighted by atomic mass is 9.88. The molecule has 4 nitrogen and oxygen atoms in total. The van der Waals surface area contributed by atoms with E-state index in [-0.39, 0.29) is 23.7 Å². The summed E-state index contributed by atoms with van der Waals surface area (Å²) in [6.07, 6.45) is -0.696. The van der Waals surface area contributed by atoms with Gasteiger partial charge in [-0.1, -0.05) is 106 Å². The molecule has 0 aliphatic carbocycles. The average molecular weight is 488 g/mol. The van der Waals surface area contributed by atoms with Crippen molar-refractivity contribution in [3.05, 3.63) is 90.5 Å². The Balaban J connectivity index is 1.60. The van der Waals surface area contributed by atoms with Crippen molar-refractivity contribution in [3.63, 3.8) is 0 Å². The number of hydrogen-bond acceptors (Lipinski definition) is 4. The first kappa shape index (κ1) is 24.2. The SMILES string of the molecule is CC1(C)O[C@@H](C2=N[C@@H](C(C)(C)C)CO2)[C@H](c2ccccc2P(c2ccccc2)c2ccccc2)O1. The minimum absolute atomic E-state index is 0.0269. The van der Waals surface area contributed by atoms with Crippen molar-refractivity contribution < 1.29 is 14.2 Å². The van der Waals surface area contributed by atoms with Crippen LogP contribution in [-0.4, -0.2) is 30.4 Å². The van der Waals surface area contributed by atoms with E-state index in [0.29, 0.717) is 12.5 Å². The van der Waals surface area contributed by atoms with Gasteiger partial charge in [0.2, 0.25) is 5.90 Å². The van der Waals surface area contributed by atoms with Crippen LogP contribution in [0.5, 0.6) is 0 Å². The second-order valence-electron chi connectivity index (χ2n) is 10.7. The first-order valence-corrected chi connectivity index (χ1v) is 13.6. The molecule has 0 amide bonds. The summed E-state index contributed by atoms with van der Waals surface area (Å²) < 4.78 is 19.1. The Kier molecular flexibility index (Phi) is 6.57. The average Bonchev–Trinajstić information content (AvgIpc) is 3.46. The summed E-state index contributed by atoms with van der Waals surface area (Å²) in [6.45, 7) is 11.1. The lowest BCUT2D eigenvalue weighted by Crippen LogP contribution is -2.31. The van der Waals surface area contributed by atoms with E-state index < -0.39 is 13.7 Å². The van der Waals surface area contributed by atoms with Crippen molar-refractivity contribution in [1.82, 2.24) is 0 Å². The Morgan fingerprint density at radius 2 is 1.31 bits per heavy atom. The van der Waals surface area contributed by atoms with Crippen LogP contribution < -0.4 is 15.9 Å². The van der Waals surface area contributed by atoms with E-state index in [1.165, 1.54) is 15.9 Å². The largest absolute Gasteiger partial charge is 0.477 e. The van der Waals surface area contributed by atoms with Crippen LogP contribution in [0.15, 0.2) is 89.9 Å². The Labute approximate surface area is 210 Å². The summed E-state index contributed by atoms with van der Waals surface area (Å²) in [6, 6.07) is 30.2. The summed E-state index contributed by atoms with van der Waals surface area (Å²) in [7, 11) is -0.789. The highest BCUT2D eigenvalue weighted by Crippen LogP contribution is 2.44. The third kappa shape index (κ3) is 5.07. The minimum atomic E-state index is -0.789. The van der Waals surface area contributed by atoms with Gasteiger partial charge in [-0.3, -0.25) is 0 Å². The lowest BCUT2D eigenvalue weighted by Gasteiger charge is -2.26. The molecule has 0 aromatic heterocycles. The first-order chi connectivity index (χ1) is 16.7. The number of ether oxygens (including phenoxy) is 3. The highest BCUT2D eigenvalue weighted by molar-refractivity contribution is 7.79. The molecule has 5 rings (SSSR count). The van der Waals surface area contributed by atoms with E-state index in [1.807, 2.05) is 13.8 Å². The smallest absolute Gasteiger partial charge is 0.217 e. The molecule has 0 spiro atoms. The predicted octanol–water partition coefficient (Wildman–Crippen LogP) is 5.48. The van der Waals surface area contributed by atoms with Crippen molar-refractivity contribution in [3.8, 4) is 0 Å². The molecule has 3 atom stereocenters. The van der Waals surface area contributed by atoms with Gasteiger partial charge in [0.05, 0.1) is 6.04 Å². The van der Waals surface area contributed by atoms with E-state index in [2.05, 4.69) is 106 Å². The Hall–Kier alpha value is -2.52. The molecule has 2 aliphatic heterocycles. The highest BCUT2D eigenvalue weighted by Gasteiger charge is 2.48. The van der Waals surface area contributed by atoms with E-state index in [0.717, 1.165) is 5.56 Å².